The standard InChI is InChI=1S/C17H37N3/c1-15(2)13-20(12-11-19(4)5)14-16-9-7-6-8-10-17(16)18-3/h15-18H,6-14H2,1-5H3. The number of nitrogens with one attached hydrogen (secondary N) is 1. The van der Waals surface area contributed by atoms with Crippen LogP contribution in [0.2, 0.25) is 0 Å². The summed E-state index contributed by atoms with van der Waals surface area (Å²) < 4.78 is 0. The van der Waals surface area contributed by atoms with Gasteiger partial charge in [0.25, 0.3) is 0 Å². The van der Waals surface area contributed by atoms with Crippen molar-refractivity contribution in [1.82, 2.24) is 15.1 Å². The molecule has 0 spiro atoms. The first-order valence-corrected chi connectivity index (χ1v) is 8.57. The van der Waals surface area contributed by atoms with E-state index in [0.29, 0.717) is 0 Å². The van der Waals surface area contributed by atoms with Crippen LogP contribution in [0.25, 0.3) is 0 Å². The van der Waals surface area contributed by atoms with Gasteiger partial charge in [0.05, 0.1) is 0 Å². The number of likely N-dealkylation sites (N-methyl/N-ethyl adjacent to an activating group) is 1. The second kappa shape index (κ2) is 9.75. The molecular weight excluding hydrogens is 246 g/mol. The summed E-state index contributed by atoms with van der Waals surface area (Å²) in [6, 6.07) is 0.728. The van der Waals surface area contributed by atoms with Crippen molar-refractivity contribution in [3.63, 3.8) is 0 Å². The Morgan fingerprint density at radius 1 is 1.05 bits per heavy atom. The Balaban J connectivity index is 2.55. The van der Waals surface area contributed by atoms with Gasteiger partial charge in [-0.1, -0.05) is 33.1 Å². The Bertz CT molecular complexity index is 240. The SMILES string of the molecule is CNC1CCCCCC1CN(CCN(C)C)CC(C)C. The molecule has 0 radical (unpaired) electrons. The minimum Gasteiger partial charge on any atom is -0.317 e. The van der Waals surface area contributed by atoms with Crippen molar-refractivity contribution >= 4 is 0 Å². The molecule has 0 aromatic heterocycles. The third-order valence-corrected chi connectivity index (χ3v) is 4.51. The molecule has 0 saturated heterocycles. The van der Waals surface area contributed by atoms with Crippen molar-refractivity contribution in [3.8, 4) is 0 Å². The van der Waals surface area contributed by atoms with Crippen LogP contribution in [-0.2, 0) is 0 Å². The number of rotatable bonds is 8. The molecule has 1 fully saturated rings. The Morgan fingerprint density at radius 2 is 1.75 bits per heavy atom. The van der Waals surface area contributed by atoms with Gasteiger partial charge in [-0.25, -0.2) is 0 Å². The third-order valence-electron chi connectivity index (χ3n) is 4.51. The van der Waals surface area contributed by atoms with Crippen LogP contribution >= 0.6 is 0 Å². The molecule has 0 aliphatic heterocycles. The van der Waals surface area contributed by atoms with E-state index in [1.165, 1.54) is 58.3 Å². The van der Waals surface area contributed by atoms with Gasteiger partial charge in [0.1, 0.15) is 0 Å². The normalized spacial score (nSPS) is 24.6. The van der Waals surface area contributed by atoms with Crippen molar-refractivity contribution in [2.45, 2.75) is 52.0 Å². The van der Waals surface area contributed by atoms with Crippen LogP contribution in [0.3, 0.4) is 0 Å². The van der Waals surface area contributed by atoms with Crippen LogP contribution in [0.5, 0.6) is 0 Å². The summed E-state index contributed by atoms with van der Waals surface area (Å²) in [7, 11) is 6.50. The van der Waals surface area contributed by atoms with E-state index in [2.05, 4.69) is 50.1 Å². The van der Waals surface area contributed by atoms with Crippen LogP contribution in [0.15, 0.2) is 0 Å². The summed E-state index contributed by atoms with van der Waals surface area (Å²) in [6.07, 6.45) is 7.03. The van der Waals surface area contributed by atoms with E-state index in [1.807, 2.05) is 0 Å². The van der Waals surface area contributed by atoms with Gasteiger partial charge in [-0.05, 0) is 45.8 Å². The first-order chi connectivity index (χ1) is 9.52. The molecule has 1 N–H and O–H groups in total. The Morgan fingerprint density at radius 3 is 2.35 bits per heavy atom. The molecule has 2 unspecified atom stereocenters. The molecule has 1 aliphatic carbocycles. The van der Waals surface area contributed by atoms with Crippen LogP contribution in [0, 0.1) is 11.8 Å². The zero-order chi connectivity index (χ0) is 15.0. The molecule has 3 nitrogen and oxygen atoms in total. The average Bonchev–Trinajstić information content (AvgIpc) is 2.60. The maximum Gasteiger partial charge on any atom is 0.0109 e. The molecule has 1 aliphatic rings. The van der Waals surface area contributed by atoms with E-state index in [9.17, 15) is 0 Å². The molecule has 0 aromatic rings. The van der Waals surface area contributed by atoms with Gasteiger partial charge in [0.15, 0.2) is 0 Å². The van der Waals surface area contributed by atoms with Gasteiger partial charge >= 0.3 is 0 Å². The van der Waals surface area contributed by atoms with E-state index < -0.39 is 0 Å². The fourth-order valence-electron chi connectivity index (χ4n) is 3.43. The summed E-state index contributed by atoms with van der Waals surface area (Å²) in [4.78, 5) is 5.00. The van der Waals surface area contributed by atoms with Gasteiger partial charge in [-0.15, -0.1) is 0 Å². The fourth-order valence-corrected chi connectivity index (χ4v) is 3.43. The second-order valence-electron chi connectivity index (χ2n) is 7.25. The van der Waals surface area contributed by atoms with Gasteiger partial charge in [0, 0.05) is 32.2 Å². The lowest BCUT2D eigenvalue weighted by atomic mass is 9.94. The quantitative estimate of drug-likeness (QED) is 0.691. The Hall–Kier alpha value is -0.120. The summed E-state index contributed by atoms with van der Waals surface area (Å²) in [5, 5.41) is 3.58. The minimum absolute atomic E-state index is 0.728. The molecule has 1 rings (SSSR count). The van der Waals surface area contributed by atoms with Crippen molar-refractivity contribution in [2.24, 2.45) is 11.8 Å². The van der Waals surface area contributed by atoms with Crippen LogP contribution in [-0.4, -0.2) is 63.2 Å². The fraction of sp³-hybridized carbons (Fsp3) is 1.00. The Kier molecular flexibility index (Phi) is 8.74. The van der Waals surface area contributed by atoms with E-state index in [-0.39, 0.29) is 0 Å². The monoisotopic (exact) mass is 283 g/mol. The number of hydrogen-bond donors (Lipinski definition) is 1. The van der Waals surface area contributed by atoms with Crippen molar-refractivity contribution in [3.05, 3.63) is 0 Å². The first kappa shape index (κ1) is 17.9. The lowest BCUT2D eigenvalue weighted by Crippen LogP contribution is -2.43. The first-order valence-electron chi connectivity index (χ1n) is 8.57. The van der Waals surface area contributed by atoms with E-state index in [1.54, 1.807) is 0 Å². The van der Waals surface area contributed by atoms with Gasteiger partial charge in [-0.3, -0.25) is 0 Å². The molecule has 3 heteroatoms. The van der Waals surface area contributed by atoms with E-state index in [0.717, 1.165) is 17.9 Å². The molecule has 20 heavy (non-hydrogen) atoms. The average molecular weight is 284 g/mol. The topological polar surface area (TPSA) is 18.5 Å². The number of hydrogen-bond acceptors (Lipinski definition) is 3. The predicted molar refractivity (Wildman–Crippen MR) is 89.3 cm³/mol. The summed E-state index contributed by atoms with van der Waals surface area (Å²) in [5.74, 6) is 1.60. The maximum absolute atomic E-state index is 3.58. The molecule has 1 saturated carbocycles. The number of nitrogens with zero attached hydrogens (tertiary/aromatic N) is 2. The molecular formula is C17H37N3. The lowest BCUT2D eigenvalue weighted by molar-refractivity contribution is 0.167. The summed E-state index contributed by atoms with van der Waals surface area (Å²) in [5.41, 5.74) is 0. The zero-order valence-corrected chi connectivity index (χ0v) is 14.5. The highest BCUT2D eigenvalue weighted by Crippen LogP contribution is 2.24. The molecule has 0 amide bonds. The molecule has 2 atom stereocenters. The van der Waals surface area contributed by atoms with E-state index in [4.69, 9.17) is 0 Å². The van der Waals surface area contributed by atoms with Crippen molar-refractivity contribution in [2.75, 3.05) is 47.3 Å². The van der Waals surface area contributed by atoms with Gasteiger partial charge < -0.3 is 15.1 Å². The molecule has 120 valence electrons. The molecule has 0 heterocycles. The lowest BCUT2D eigenvalue weighted by Gasteiger charge is -2.33. The largest absolute Gasteiger partial charge is 0.317 e. The summed E-state index contributed by atoms with van der Waals surface area (Å²) >= 11 is 0. The van der Waals surface area contributed by atoms with Crippen molar-refractivity contribution in [1.29, 1.82) is 0 Å². The zero-order valence-electron chi connectivity index (χ0n) is 14.5. The highest BCUT2D eigenvalue weighted by Gasteiger charge is 2.24. The van der Waals surface area contributed by atoms with Crippen LogP contribution in [0.4, 0.5) is 0 Å². The second-order valence-corrected chi connectivity index (χ2v) is 7.25. The highest BCUT2D eigenvalue weighted by atomic mass is 15.2. The predicted octanol–water partition coefficient (Wildman–Crippen LogP) is 2.67. The molecule has 0 bridgehead atoms. The Labute approximate surface area is 127 Å². The smallest absolute Gasteiger partial charge is 0.0109 e. The maximum atomic E-state index is 3.58. The molecule has 0 aromatic carbocycles. The summed E-state index contributed by atoms with van der Waals surface area (Å²) in [6.45, 7) is 9.57. The van der Waals surface area contributed by atoms with Crippen LogP contribution in [0.1, 0.15) is 46.0 Å². The van der Waals surface area contributed by atoms with E-state index >= 15 is 0 Å². The van der Waals surface area contributed by atoms with Crippen molar-refractivity contribution < 1.29 is 0 Å². The minimum atomic E-state index is 0.728. The van der Waals surface area contributed by atoms with Gasteiger partial charge in [0.2, 0.25) is 0 Å². The highest BCUT2D eigenvalue weighted by molar-refractivity contribution is 4.81. The third kappa shape index (κ3) is 7.05. The van der Waals surface area contributed by atoms with Gasteiger partial charge in [-0.2, -0.15) is 0 Å². The van der Waals surface area contributed by atoms with Crippen LogP contribution < -0.4 is 5.32 Å².